The van der Waals surface area contributed by atoms with Crippen LogP contribution in [0.1, 0.15) is 104 Å². The molecule has 0 aromatic heterocycles. The van der Waals surface area contributed by atoms with Crippen molar-refractivity contribution in [2.24, 2.45) is 0 Å². The number of unbranched alkanes of at least 4 members (excludes halogenated alkanes) is 4. The van der Waals surface area contributed by atoms with Gasteiger partial charge in [0.05, 0.1) is 139 Å². The molecule has 113 heavy (non-hydrogen) atoms. The van der Waals surface area contributed by atoms with Crippen LogP contribution in [0.5, 0.6) is 0 Å². The van der Waals surface area contributed by atoms with Crippen molar-refractivity contribution in [2.75, 3.05) is 172 Å². The maximum Gasteiger partial charge on any atom is 0.471 e. The first-order chi connectivity index (χ1) is 54.2. The highest BCUT2D eigenvalue weighted by atomic mass is 31.2. The predicted octanol–water partition coefficient (Wildman–Crippen LogP) is -7.75. The van der Waals surface area contributed by atoms with E-state index in [1.165, 1.54) is 20.8 Å². The summed E-state index contributed by atoms with van der Waals surface area (Å²) in [5.41, 5.74) is 0. The van der Waals surface area contributed by atoms with Gasteiger partial charge in [-0.25, -0.2) is 4.57 Å². The van der Waals surface area contributed by atoms with Crippen LogP contribution in [0.4, 0.5) is 0 Å². The number of aliphatic hydroxyl groups excluding tert-OH is 9. The summed E-state index contributed by atoms with van der Waals surface area (Å²) in [5.74, 6) is -4.54. The van der Waals surface area contributed by atoms with Gasteiger partial charge >= 0.3 is 7.82 Å². The third-order valence-corrected chi connectivity index (χ3v) is 18.2. The van der Waals surface area contributed by atoms with Gasteiger partial charge in [0.1, 0.15) is 85.1 Å². The molecule has 0 bridgehead atoms. The third kappa shape index (κ3) is 43.5. The van der Waals surface area contributed by atoms with Crippen LogP contribution >= 0.6 is 7.82 Å². The Hall–Kier alpha value is -5.54. The molecule has 3 rings (SSSR count). The minimum Gasteiger partial charge on any atom is -0.394 e. The zero-order valence-electron chi connectivity index (χ0n) is 64.8. The lowest BCUT2D eigenvalue weighted by atomic mass is 9.97. The number of amides is 9. The van der Waals surface area contributed by atoms with E-state index in [2.05, 4.69) is 52.4 Å². The molecule has 3 aliphatic heterocycles. The van der Waals surface area contributed by atoms with Crippen LogP contribution in [0.2, 0.25) is 0 Å². The smallest absolute Gasteiger partial charge is 0.394 e. The number of hydrogen-bond donors (Lipinski definition) is 19. The molecule has 3 fully saturated rings. The molecule has 44 nitrogen and oxygen atoms in total. The van der Waals surface area contributed by atoms with Gasteiger partial charge in [-0.15, -0.1) is 0 Å². The van der Waals surface area contributed by atoms with Crippen molar-refractivity contribution < 1.29 is 169 Å². The number of ether oxygens (including phenoxy) is 13. The van der Waals surface area contributed by atoms with Gasteiger partial charge in [-0.2, -0.15) is 0 Å². The highest BCUT2D eigenvalue weighted by Gasteiger charge is 2.48. The van der Waals surface area contributed by atoms with Crippen molar-refractivity contribution in [1.82, 2.24) is 47.9 Å². The molecule has 45 heteroatoms. The third-order valence-electron chi connectivity index (χ3n) is 17.2. The Balaban J connectivity index is 1.57. The Kier molecular flexibility index (Phi) is 54.0. The number of aliphatic hydroxyl groups is 9. The van der Waals surface area contributed by atoms with E-state index in [-0.39, 0.29) is 201 Å². The summed E-state index contributed by atoms with van der Waals surface area (Å²) >= 11 is 0. The standard InChI is InChI=1S/C68H124N9O35P/c1-43(81)73-55-61(91)58(88)48(40-78)110-66(55)106-37-34-100-24-15-52(85)70-19-9-6-12-46(64(94)72-21-27-103-29-31-105-33-32-104-30-28-99-23-14-51(84)69-18-8-5-11-22-109-113(96,97)98-4)77-65(95)47(76-54(87)17-26-102-36-39-108-68-57(75-45(3)83)63(93)60(90)50(42-80)112-68)13-7-10-20-71-53(86)16-25-101-35-38-107-67-56(74-44(2)82)62(92)59(89)49(41-79)111-67/h46-50,55-63,66-68,78-80,88-93H,5-42H2,1-4H3,(H,69,84)(H,70,85)(H,71,86)(H,72,94)(H,73,81)(H,74,82)(H,75,83)(H,76,87)(H,77,95)(H,96,97)/t46-,47-,48?,49?,50?,55?,56?,57?,58?,59?,60?,61?,62?,63?,66?,67?,68?/m0/s1. The predicted molar refractivity (Wildman–Crippen MR) is 388 cm³/mol. The first kappa shape index (κ1) is 102. The Morgan fingerprint density at radius 2 is 0.681 bits per heavy atom. The lowest BCUT2D eigenvalue weighted by Crippen LogP contribution is -2.64. The van der Waals surface area contributed by atoms with Crippen molar-refractivity contribution in [3.05, 3.63) is 0 Å². The van der Waals surface area contributed by atoms with Crippen LogP contribution in [0.3, 0.4) is 0 Å². The summed E-state index contributed by atoms with van der Waals surface area (Å²) in [6, 6.07) is -5.94. The number of hydrogen-bond acceptors (Lipinski definition) is 34. The second kappa shape index (κ2) is 60.0. The average molecular weight is 1660 g/mol. The molecule has 3 saturated heterocycles. The number of nitrogens with one attached hydrogen (secondary N) is 9. The van der Waals surface area contributed by atoms with Gasteiger partial charge in [-0.1, -0.05) is 0 Å². The maximum atomic E-state index is 14.3. The molecule has 0 aromatic rings. The van der Waals surface area contributed by atoms with E-state index < -0.39 is 167 Å². The highest BCUT2D eigenvalue weighted by Crippen LogP contribution is 2.42. The van der Waals surface area contributed by atoms with E-state index in [1.807, 2.05) is 0 Å². The first-order valence-electron chi connectivity index (χ1n) is 37.9. The average Bonchev–Trinajstić information content (AvgIpc) is 0.821. The highest BCUT2D eigenvalue weighted by molar-refractivity contribution is 7.47. The van der Waals surface area contributed by atoms with Gasteiger partial charge in [0.2, 0.25) is 53.2 Å². The topological polar surface area (TPSA) is 620 Å². The number of rotatable bonds is 64. The van der Waals surface area contributed by atoms with Crippen LogP contribution in [0.15, 0.2) is 0 Å². The van der Waals surface area contributed by atoms with E-state index in [4.69, 9.17) is 66.1 Å². The van der Waals surface area contributed by atoms with Crippen LogP contribution in [0.25, 0.3) is 0 Å². The van der Waals surface area contributed by atoms with E-state index >= 15 is 0 Å². The van der Waals surface area contributed by atoms with E-state index in [1.54, 1.807) is 0 Å². The summed E-state index contributed by atoms with van der Waals surface area (Å²) < 4.78 is 92.9. The molecule has 0 aromatic carbocycles. The second-order valence-corrected chi connectivity index (χ2v) is 27.8. The molecule has 0 saturated carbocycles. The largest absolute Gasteiger partial charge is 0.471 e. The molecule has 0 spiro atoms. The fourth-order valence-corrected chi connectivity index (χ4v) is 11.7. The van der Waals surface area contributed by atoms with Crippen molar-refractivity contribution >= 4 is 61.0 Å². The molecular formula is C68H124N9O35P. The SMILES string of the molecule is COP(=O)(O)OCCCCCNC(=O)CCOCCOCCOCCOCCNC(=O)[C@H](CCCCNC(=O)CCOCCOC1OC(CO)C(O)C(O)C1NC(C)=O)NC(=O)[C@H](CCCCNC(=O)CCOCCOC1OC(CO)C(O)C(O)C1NC(C)=O)NC(=O)CCOCCOC1OC(CO)C(O)C(O)C1NC(C)=O. The molecular weight excluding hydrogens is 1530 g/mol. The monoisotopic (exact) mass is 1660 g/mol. The van der Waals surface area contributed by atoms with Crippen molar-refractivity contribution in [3.63, 3.8) is 0 Å². The lowest BCUT2D eigenvalue weighted by Gasteiger charge is -2.42. The summed E-state index contributed by atoms with van der Waals surface area (Å²) in [6.45, 7) is 3.05. The Morgan fingerprint density at radius 1 is 0.363 bits per heavy atom. The fraction of sp³-hybridized carbons (Fsp3) is 0.868. The summed E-state index contributed by atoms with van der Waals surface area (Å²) in [5, 5.41) is 115. The Bertz CT molecular complexity index is 2750. The van der Waals surface area contributed by atoms with Crippen LogP contribution in [-0.2, 0) is 118 Å². The van der Waals surface area contributed by atoms with Gasteiger partial charge in [-0.05, 0) is 57.8 Å². The van der Waals surface area contributed by atoms with Gasteiger partial charge in [0, 0.05) is 79.7 Å². The summed E-state index contributed by atoms with van der Waals surface area (Å²) in [6.07, 6.45) is -13.6. The normalized spacial score (nSPS) is 24.7. The molecule has 16 unspecified atom stereocenters. The summed E-state index contributed by atoms with van der Waals surface area (Å²) in [4.78, 5) is 124. The minimum absolute atomic E-state index is 0.00424. The summed E-state index contributed by atoms with van der Waals surface area (Å²) in [7, 11) is -2.93. The molecule has 0 radical (unpaired) electrons. The number of carbonyl (C=O) groups is 9. The maximum absolute atomic E-state index is 14.3. The Labute approximate surface area is 656 Å². The molecule has 18 atom stereocenters. The molecule has 3 aliphatic rings. The quantitative estimate of drug-likeness (QED) is 0.0199. The number of phosphoric acid groups is 1. The van der Waals surface area contributed by atoms with Gasteiger partial charge < -0.3 is 160 Å². The first-order valence-corrected chi connectivity index (χ1v) is 39.4. The van der Waals surface area contributed by atoms with Crippen molar-refractivity contribution in [1.29, 1.82) is 0 Å². The zero-order valence-corrected chi connectivity index (χ0v) is 65.7. The number of carbonyl (C=O) groups excluding carboxylic acids is 9. The lowest BCUT2D eigenvalue weighted by molar-refractivity contribution is -0.272. The van der Waals surface area contributed by atoms with Crippen LogP contribution in [0, 0.1) is 0 Å². The number of phosphoric ester groups is 1. The van der Waals surface area contributed by atoms with E-state index in [0.717, 1.165) is 7.11 Å². The minimum atomic E-state index is -4.01. The Morgan fingerprint density at radius 3 is 1.03 bits per heavy atom. The molecule has 656 valence electrons. The van der Waals surface area contributed by atoms with Gasteiger partial charge in [-0.3, -0.25) is 52.2 Å². The van der Waals surface area contributed by atoms with Crippen LogP contribution in [-0.4, -0.2) is 380 Å². The van der Waals surface area contributed by atoms with E-state index in [9.17, 15) is 98.6 Å². The van der Waals surface area contributed by atoms with Crippen molar-refractivity contribution in [2.45, 2.75) is 208 Å². The fourth-order valence-electron chi connectivity index (χ4n) is 11.2. The van der Waals surface area contributed by atoms with Gasteiger partial charge in [0.25, 0.3) is 0 Å². The second-order valence-electron chi connectivity index (χ2n) is 26.3. The van der Waals surface area contributed by atoms with Crippen molar-refractivity contribution in [3.8, 4) is 0 Å². The van der Waals surface area contributed by atoms with E-state index in [0.29, 0.717) is 45.1 Å². The molecule has 19 N–H and O–H groups in total. The van der Waals surface area contributed by atoms with Gasteiger partial charge in [0.15, 0.2) is 18.9 Å². The zero-order chi connectivity index (χ0) is 83.4. The molecule has 0 aliphatic carbocycles. The molecule has 3 heterocycles. The van der Waals surface area contributed by atoms with Crippen LogP contribution < -0.4 is 47.9 Å². The molecule has 9 amide bonds.